The molecule has 2 aromatic rings. The van der Waals surface area contributed by atoms with E-state index in [0.29, 0.717) is 22.8 Å². The van der Waals surface area contributed by atoms with E-state index >= 15 is 0 Å². The molecule has 0 saturated carbocycles. The van der Waals surface area contributed by atoms with Gasteiger partial charge in [-0.25, -0.2) is 4.98 Å². The van der Waals surface area contributed by atoms with Gasteiger partial charge in [-0.3, -0.25) is 4.79 Å². The zero-order valence-corrected chi connectivity index (χ0v) is 9.56. The number of nitrogens with one attached hydrogen (secondary N) is 1. The van der Waals surface area contributed by atoms with Crippen LogP contribution >= 0.6 is 0 Å². The van der Waals surface area contributed by atoms with Crippen molar-refractivity contribution in [2.45, 2.75) is 0 Å². The fourth-order valence-electron chi connectivity index (χ4n) is 1.54. The van der Waals surface area contributed by atoms with Gasteiger partial charge in [0.2, 0.25) is 0 Å². The van der Waals surface area contributed by atoms with Crippen molar-refractivity contribution in [3.8, 4) is 22.8 Å². The molecule has 2 rings (SSSR count). The smallest absolute Gasteiger partial charge is 0.274 e. The Labute approximate surface area is 98.0 Å². The minimum Gasteiger partial charge on any atom is -0.497 e. The maximum absolute atomic E-state index is 11.7. The number of hydrogen-bond donors (Lipinski definition) is 1. The summed E-state index contributed by atoms with van der Waals surface area (Å²) in [6, 6.07) is 5.22. The van der Waals surface area contributed by atoms with Crippen molar-refractivity contribution in [1.29, 1.82) is 0 Å². The molecule has 0 atom stereocenters. The molecule has 1 heterocycles. The molecule has 0 saturated heterocycles. The third-order valence-electron chi connectivity index (χ3n) is 2.37. The molecule has 0 aliphatic carbocycles. The van der Waals surface area contributed by atoms with Crippen LogP contribution < -0.4 is 15.0 Å². The van der Waals surface area contributed by atoms with Crippen LogP contribution in [0.5, 0.6) is 11.5 Å². The Balaban J connectivity index is 2.65. The highest BCUT2D eigenvalue weighted by molar-refractivity contribution is 5.68. The van der Waals surface area contributed by atoms with Gasteiger partial charge in [0.15, 0.2) is 0 Å². The van der Waals surface area contributed by atoms with Crippen molar-refractivity contribution in [3.05, 3.63) is 40.9 Å². The molecule has 0 unspecified atom stereocenters. The average molecular weight is 232 g/mol. The molecule has 0 amide bonds. The number of hydrogen-bond acceptors (Lipinski definition) is 4. The molecule has 1 aromatic carbocycles. The molecular weight excluding hydrogens is 220 g/mol. The lowest BCUT2D eigenvalue weighted by molar-refractivity contribution is 0.404. The summed E-state index contributed by atoms with van der Waals surface area (Å²) < 4.78 is 10.3. The Morgan fingerprint density at radius 1 is 1.24 bits per heavy atom. The average Bonchev–Trinajstić information content (AvgIpc) is 2.38. The first-order valence-corrected chi connectivity index (χ1v) is 5.02. The van der Waals surface area contributed by atoms with Crippen LogP contribution in [-0.4, -0.2) is 24.2 Å². The van der Waals surface area contributed by atoms with Gasteiger partial charge in [-0.2, -0.15) is 0 Å². The molecule has 5 nitrogen and oxygen atoms in total. The third-order valence-corrected chi connectivity index (χ3v) is 2.37. The summed E-state index contributed by atoms with van der Waals surface area (Å²) in [5.41, 5.74) is 0.649. The monoisotopic (exact) mass is 232 g/mol. The second-order valence-corrected chi connectivity index (χ2v) is 3.33. The van der Waals surface area contributed by atoms with E-state index in [1.165, 1.54) is 12.4 Å². The predicted octanol–water partition coefficient (Wildman–Crippen LogP) is 1.45. The first kappa shape index (κ1) is 11.2. The largest absolute Gasteiger partial charge is 0.497 e. The van der Waals surface area contributed by atoms with Crippen molar-refractivity contribution >= 4 is 0 Å². The fraction of sp³-hybridized carbons (Fsp3) is 0.167. The molecule has 1 aromatic heterocycles. The van der Waals surface area contributed by atoms with E-state index in [2.05, 4.69) is 9.97 Å². The van der Waals surface area contributed by atoms with Crippen LogP contribution in [-0.2, 0) is 0 Å². The molecule has 1 N–H and O–H groups in total. The van der Waals surface area contributed by atoms with Gasteiger partial charge >= 0.3 is 0 Å². The molecule has 0 aliphatic heterocycles. The normalized spacial score (nSPS) is 10.0. The first-order chi connectivity index (χ1) is 8.26. The Morgan fingerprint density at radius 2 is 2.06 bits per heavy atom. The molecule has 17 heavy (non-hydrogen) atoms. The van der Waals surface area contributed by atoms with Crippen LogP contribution in [0, 0.1) is 0 Å². The van der Waals surface area contributed by atoms with Crippen LogP contribution in [0.15, 0.2) is 35.4 Å². The van der Waals surface area contributed by atoms with Crippen molar-refractivity contribution in [1.82, 2.24) is 9.97 Å². The van der Waals surface area contributed by atoms with E-state index < -0.39 is 0 Å². The third kappa shape index (κ3) is 2.13. The second-order valence-electron chi connectivity index (χ2n) is 3.33. The molecule has 0 spiro atoms. The number of aromatic nitrogens is 2. The van der Waals surface area contributed by atoms with E-state index in [1.54, 1.807) is 32.4 Å². The summed E-state index contributed by atoms with van der Waals surface area (Å²) in [6.45, 7) is 0. The standard InChI is InChI=1S/C12H12N2O3/c1-16-8-3-4-10(17-2)9(7-8)11-12(15)14-6-5-13-11/h3-7H,1-2H3,(H,14,15). The molecule has 0 aliphatic rings. The fourth-order valence-corrected chi connectivity index (χ4v) is 1.54. The lowest BCUT2D eigenvalue weighted by Crippen LogP contribution is -2.10. The summed E-state index contributed by atoms with van der Waals surface area (Å²) in [7, 11) is 3.11. The summed E-state index contributed by atoms with van der Waals surface area (Å²) in [4.78, 5) is 18.3. The van der Waals surface area contributed by atoms with Crippen molar-refractivity contribution in [3.63, 3.8) is 0 Å². The van der Waals surface area contributed by atoms with Crippen molar-refractivity contribution in [2.24, 2.45) is 0 Å². The Morgan fingerprint density at radius 3 is 2.71 bits per heavy atom. The van der Waals surface area contributed by atoms with Crippen LogP contribution in [0.4, 0.5) is 0 Å². The van der Waals surface area contributed by atoms with Gasteiger partial charge in [0, 0.05) is 12.4 Å². The molecule has 0 radical (unpaired) electrons. The van der Waals surface area contributed by atoms with Crippen molar-refractivity contribution < 1.29 is 9.47 Å². The quantitative estimate of drug-likeness (QED) is 0.870. The number of methoxy groups -OCH3 is 2. The predicted molar refractivity (Wildman–Crippen MR) is 63.4 cm³/mol. The zero-order valence-electron chi connectivity index (χ0n) is 9.56. The maximum atomic E-state index is 11.7. The minimum atomic E-state index is -0.265. The molecule has 88 valence electrons. The molecule has 5 heteroatoms. The Hall–Kier alpha value is -2.30. The molecular formula is C12H12N2O3. The van der Waals surface area contributed by atoms with E-state index in [-0.39, 0.29) is 5.56 Å². The molecule has 0 bridgehead atoms. The van der Waals surface area contributed by atoms with E-state index in [9.17, 15) is 4.79 Å². The first-order valence-electron chi connectivity index (χ1n) is 5.02. The van der Waals surface area contributed by atoms with Gasteiger partial charge in [0.25, 0.3) is 5.56 Å². The molecule has 0 fully saturated rings. The maximum Gasteiger partial charge on any atom is 0.274 e. The van der Waals surface area contributed by atoms with E-state index in [0.717, 1.165) is 0 Å². The van der Waals surface area contributed by atoms with Gasteiger partial charge in [0.05, 0.1) is 19.8 Å². The van der Waals surface area contributed by atoms with Crippen LogP contribution in [0.25, 0.3) is 11.3 Å². The number of aromatic amines is 1. The number of benzene rings is 1. The van der Waals surface area contributed by atoms with Crippen LogP contribution in [0.2, 0.25) is 0 Å². The summed E-state index contributed by atoms with van der Waals surface area (Å²) in [5.74, 6) is 1.22. The lowest BCUT2D eigenvalue weighted by atomic mass is 10.1. The Bertz CT molecular complexity index is 578. The number of rotatable bonds is 3. The van der Waals surface area contributed by atoms with Gasteiger partial charge in [0.1, 0.15) is 17.2 Å². The van der Waals surface area contributed by atoms with Crippen LogP contribution in [0.1, 0.15) is 0 Å². The highest BCUT2D eigenvalue weighted by Crippen LogP contribution is 2.30. The van der Waals surface area contributed by atoms with E-state index in [4.69, 9.17) is 9.47 Å². The van der Waals surface area contributed by atoms with E-state index in [1.807, 2.05) is 0 Å². The number of H-pyrrole nitrogens is 1. The van der Waals surface area contributed by atoms with Gasteiger partial charge in [-0.1, -0.05) is 0 Å². The minimum absolute atomic E-state index is 0.265. The van der Waals surface area contributed by atoms with Gasteiger partial charge in [-0.05, 0) is 18.2 Å². The highest BCUT2D eigenvalue weighted by atomic mass is 16.5. The Kier molecular flexibility index (Phi) is 3.09. The summed E-state index contributed by atoms with van der Waals surface area (Å²) in [5, 5.41) is 0. The number of nitrogens with zero attached hydrogens (tertiary/aromatic N) is 1. The SMILES string of the molecule is COc1ccc(OC)c(-c2ncc[nH]c2=O)c1. The summed E-state index contributed by atoms with van der Waals surface area (Å²) >= 11 is 0. The van der Waals surface area contributed by atoms with Crippen molar-refractivity contribution in [2.75, 3.05) is 14.2 Å². The number of ether oxygens (including phenoxy) is 2. The topological polar surface area (TPSA) is 64.2 Å². The zero-order chi connectivity index (χ0) is 12.3. The summed E-state index contributed by atoms with van der Waals surface area (Å²) in [6.07, 6.45) is 3.01. The highest BCUT2D eigenvalue weighted by Gasteiger charge is 2.11. The lowest BCUT2D eigenvalue weighted by Gasteiger charge is -2.08. The second kappa shape index (κ2) is 4.69. The van der Waals surface area contributed by atoms with Gasteiger partial charge in [-0.15, -0.1) is 0 Å². The van der Waals surface area contributed by atoms with Crippen LogP contribution in [0.3, 0.4) is 0 Å². The van der Waals surface area contributed by atoms with Gasteiger partial charge < -0.3 is 14.5 Å².